The molecular weight excluding hydrogens is 419 g/mol. The summed E-state index contributed by atoms with van der Waals surface area (Å²) < 4.78 is 19.3. The first-order valence-electron chi connectivity index (χ1n) is 9.82. The lowest BCUT2D eigenvalue weighted by molar-refractivity contribution is -0.129. The first-order valence-corrected chi connectivity index (χ1v) is 10.6. The van der Waals surface area contributed by atoms with Crippen LogP contribution in [0.5, 0.6) is 5.75 Å². The maximum Gasteiger partial charge on any atom is 0.294 e. The summed E-state index contributed by atoms with van der Waals surface area (Å²) in [5.74, 6) is -0.358. The van der Waals surface area contributed by atoms with Crippen molar-refractivity contribution in [3.05, 3.63) is 70.4 Å². The number of rotatable bonds is 8. The first kappa shape index (κ1) is 22.6. The molecule has 162 valence electrons. The molecule has 8 heteroatoms. The molecule has 2 aromatic rings. The lowest BCUT2D eigenvalue weighted by atomic mass is 10.2. The quantitative estimate of drug-likeness (QED) is 0.620. The topological polar surface area (TPSA) is 75.7 Å². The molecule has 2 aromatic carbocycles. The number of imide groups is 1. The molecule has 0 atom stereocenters. The number of nitrogens with one attached hydrogen (secondary N) is 1. The Bertz CT molecular complexity index is 1000. The van der Waals surface area contributed by atoms with Gasteiger partial charge in [-0.1, -0.05) is 44.2 Å². The minimum absolute atomic E-state index is 0.101. The van der Waals surface area contributed by atoms with Crippen LogP contribution in [0.25, 0.3) is 6.08 Å². The molecule has 0 aromatic heterocycles. The number of nitrogens with zero attached hydrogens (tertiary/aromatic N) is 1. The molecule has 31 heavy (non-hydrogen) atoms. The van der Waals surface area contributed by atoms with Crippen LogP contribution < -0.4 is 10.1 Å². The van der Waals surface area contributed by atoms with Crippen molar-refractivity contribution in [2.75, 3.05) is 13.1 Å². The number of halogens is 1. The Morgan fingerprint density at radius 2 is 1.87 bits per heavy atom. The molecule has 0 radical (unpaired) electrons. The average molecular weight is 443 g/mol. The van der Waals surface area contributed by atoms with Gasteiger partial charge in [0.1, 0.15) is 24.7 Å². The van der Waals surface area contributed by atoms with Gasteiger partial charge in [-0.15, -0.1) is 0 Å². The Balaban J connectivity index is 1.60. The number of carbonyl (C=O) groups is 3. The summed E-state index contributed by atoms with van der Waals surface area (Å²) in [6.07, 6.45) is 1.59. The van der Waals surface area contributed by atoms with Crippen LogP contribution in [-0.2, 0) is 16.2 Å². The zero-order valence-corrected chi connectivity index (χ0v) is 18.1. The zero-order valence-electron chi connectivity index (χ0n) is 17.3. The molecule has 0 saturated carbocycles. The Labute approximate surface area is 184 Å². The number of thioether (sulfide) groups is 1. The molecule has 1 saturated heterocycles. The fraction of sp³-hybridized carbons (Fsp3) is 0.261. The predicted octanol–water partition coefficient (Wildman–Crippen LogP) is 4.21. The minimum Gasteiger partial charge on any atom is -0.489 e. The third-order valence-corrected chi connectivity index (χ3v) is 5.32. The molecule has 3 amide bonds. The average Bonchev–Trinajstić information content (AvgIpc) is 3.00. The summed E-state index contributed by atoms with van der Waals surface area (Å²) in [6.45, 7) is 4.20. The number of carbonyl (C=O) groups excluding carboxylic acids is 3. The van der Waals surface area contributed by atoms with Crippen LogP contribution in [0, 0.1) is 11.7 Å². The maximum atomic E-state index is 13.7. The molecule has 3 rings (SSSR count). The van der Waals surface area contributed by atoms with Gasteiger partial charge in [0.25, 0.3) is 11.1 Å². The Morgan fingerprint density at radius 3 is 2.55 bits per heavy atom. The van der Waals surface area contributed by atoms with E-state index in [1.807, 2.05) is 13.8 Å². The Kier molecular flexibility index (Phi) is 7.46. The molecular formula is C23H23FN2O4S. The van der Waals surface area contributed by atoms with E-state index >= 15 is 0 Å². The van der Waals surface area contributed by atoms with Crippen LogP contribution in [0.3, 0.4) is 0 Å². The molecule has 6 nitrogen and oxygen atoms in total. The van der Waals surface area contributed by atoms with Gasteiger partial charge in [0.05, 0.1) is 4.91 Å². The van der Waals surface area contributed by atoms with Gasteiger partial charge in [0.2, 0.25) is 5.91 Å². The fourth-order valence-electron chi connectivity index (χ4n) is 2.74. The van der Waals surface area contributed by atoms with Gasteiger partial charge in [-0.05, 0) is 47.5 Å². The van der Waals surface area contributed by atoms with Crippen LogP contribution in [0.2, 0.25) is 0 Å². The van der Waals surface area contributed by atoms with Gasteiger partial charge >= 0.3 is 0 Å². The zero-order chi connectivity index (χ0) is 22.4. The standard InChI is InChI=1S/C23H23FN2O4S/c1-15(2)12-25-21(27)13-26-22(28)20(31-23(26)29)11-16-7-9-18(10-8-16)30-14-17-5-3-4-6-19(17)24/h3-11,15H,12-14H2,1-2H3,(H,25,27)/b20-11-. The Morgan fingerprint density at radius 1 is 1.16 bits per heavy atom. The number of hydrogen-bond acceptors (Lipinski definition) is 5. The van der Waals surface area contributed by atoms with Gasteiger partial charge in [0.15, 0.2) is 0 Å². The van der Waals surface area contributed by atoms with Gasteiger partial charge in [-0.3, -0.25) is 19.3 Å². The van der Waals surface area contributed by atoms with Gasteiger partial charge in [0, 0.05) is 12.1 Å². The van der Waals surface area contributed by atoms with E-state index in [1.54, 1.807) is 48.5 Å². The van der Waals surface area contributed by atoms with Crippen LogP contribution in [0.15, 0.2) is 53.4 Å². The SMILES string of the molecule is CC(C)CNC(=O)CN1C(=O)S/C(=C\c2ccc(OCc3ccccc3F)cc2)C1=O. The van der Waals surface area contributed by atoms with Crippen molar-refractivity contribution < 1.29 is 23.5 Å². The smallest absolute Gasteiger partial charge is 0.294 e. The van der Waals surface area contributed by atoms with E-state index in [1.165, 1.54) is 6.07 Å². The second-order valence-electron chi connectivity index (χ2n) is 7.41. The largest absolute Gasteiger partial charge is 0.489 e. The summed E-state index contributed by atoms with van der Waals surface area (Å²) >= 11 is 0.802. The number of amides is 3. The molecule has 1 N–H and O–H groups in total. The minimum atomic E-state index is -0.491. The molecule has 1 heterocycles. The Hall–Kier alpha value is -3.13. The van der Waals surface area contributed by atoms with Crippen molar-refractivity contribution >= 4 is 34.9 Å². The molecule has 0 aliphatic carbocycles. The monoisotopic (exact) mass is 442 g/mol. The first-order chi connectivity index (χ1) is 14.8. The molecule has 0 unspecified atom stereocenters. The van der Waals surface area contributed by atoms with Crippen molar-refractivity contribution in [2.24, 2.45) is 5.92 Å². The second-order valence-corrected chi connectivity index (χ2v) is 8.41. The molecule has 1 aliphatic heterocycles. The highest BCUT2D eigenvalue weighted by molar-refractivity contribution is 8.18. The highest BCUT2D eigenvalue weighted by Gasteiger charge is 2.36. The van der Waals surface area contributed by atoms with Gasteiger partial charge in [-0.25, -0.2) is 4.39 Å². The van der Waals surface area contributed by atoms with E-state index in [4.69, 9.17) is 4.74 Å². The van der Waals surface area contributed by atoms with Crippen molar-refractivity contribution in [3.8, 4) is 5.75 Å². The summed E-state index contributed by atoms with van der Waals surface area (Å²) in [5, 5.41) is 2.23. The summed E-state index contributed by atoms with van der Waals surface area (Å²) in [5.41, 5.74) is 1.16. The van der Waals surface area contributed by atoms with E-state index in [2.05, 4.69) is 5.32 Å². The lowest BCUT2D eigenvalue weighted by Crippen LogP contribution is -2.40. The third-order valence-electron chi connectivity index (χ3n) is 4.41. The van der Waals surface area contributed by atoms with Gasteiger partial charge in [-0.2, -0.15) is 0 Å². The lowest BCUT2D eigenvalue weighted by Gasteiger charge is -2.13. The van der Waals surface area contributed by atoms with Crippen molar-refractivity contribution in [1.29, 1.82) is 0 Å². The van der Waals surface area contributed by atoms with E-state index in [0.29, 0.717) is 23.4 Å². The van der Waals surface area contributed by atoms with Crippen LogP contribution in [0.1, 0.15) is 25.0 Å². The maximum absolute atomic E-state index is 13.7. The van der Waals surface area contributed by atoms with Gasteiger partial charge < -0.3 is 10.1 Å². The molecule has 1 fully saturated rings. The van der Waals surface area contributed by atoms with Crippen LogP contribution in [-0.4, -0.2) is 35.0 Å². The third kappa shape index (κ3) is 6.18. The van der Waals surface area contributed by atoms with E-state index in [0.717, 1.165) is 16.7 Å². The normalized spacial score (nSPS) is 15.1. The highest BCUT2D eigenvalue weighted by Crippen LogP contribution is 2.32. The van der Waals surface area contributed by atoms with Crippen LogP contribution >= 0.6 is 11.8 Å². The molecule has 1 aliphatic rings. The summed E-state index contributed by atoms with van der Waals surface area (Å²) in [6, 6.07) is 13.3. The fourth-order valence-corrected chi connectivity index (χ4v) is 3.58. The van der Waals surface area contributed by atoms with E-state index in [9.17, 15) is 18.8 Å². The van der Waals surface area contributed by atoms with Crippen molar-refractivity contribution in [1.82, 2.24) is 10.2 Å². The highest BCUT2D eigenvalue weighted by atomic mass is 32.2. The van der Waals surface area contributed by atoms with Crippen molar-refractivity contribution in [2.45, 2.75) is 20.5 Å². The van der Waals surface area contributed by atoms with Crippen molar-refractivity contribution in [3.63, 3.8) is 0 Å². The predicted molar refractivity (Wildman–Crippen MR) is 118 cm³/mol. The van der Waals surface area contributed by atoms with E-state index in [-0.39, 0.29) is 35.7 Å². The summed E-state index contributed by atoms with van der Waals surface area (Å²) in [4.78, 5) is 37.8. The number of ether oxygens (including phenoxy) is 1. The van der Waals surface area contributed by atoms with Crippen LogP contribution in [0.4, 0.5) is 9.18 Å². The number of benzene rings is 2. The van der Waals surface area contributed by atoms with E-state index < -0.39 is 11.1 Å². The summed E-state index contributed by atoms with van der Waals surface area (Å²) in [7, 11) is 0. The molecule has 0 spiro atoms. The number of hydrogen-bond donors (Lipinski definition) is 1. The second kappa shape index (κ2) is 10.3. The molecule has 0 bridgehead atoms.